The van der Waals surface area contributed by atoms with Gasteiger partial charge in [-0.15, -0.1) is 0 Å². The van der Waals surface area contributed by atoms with Crippen LogP contribution in [0.15, 0.2) is 29.9 Å². The van der Waals surface area contributed by atoms with Crippen molar-refractivity contribution in [2.75, 3.05) is 0 Å². The second kappa shape index (κ2) is 4.60. The number of hydrogen-bond donors (Lipinski definition) is 0. The Morgan fingerprint density at radius 3 is 2.75 bits per heavy atom. The Morgan fingerprint density at radius 1 is 1.75 bits per heavy atom. The molecule has 0 aromatic heterocycles. The molecule has 0 aliphatic carbocycles. The first kappa shape index (κ1) is 7.44. The van der Waals surface area contributed by atoms with E-state index in [0.717, 1.165) is 0 Å². The van der Waals surface area contributed by atoms with E-state index in [4.69, 9.17) is 11.6 Å². The highest BCUT2D eigenvalue weighted by atomic mass is 35.5. The van der Waals surface area contributed by atoms with Crippen LogP contribution in [0.4, 0.5) is 0 Å². The Morgan fingerprint density at radius 2 is 2.38 bits per heavy atom. The molecule has 0 aromatic carbocycles. The fourth-order valence-electron chi connectivity index (χ4n) is 0.198. The van der Waals surface area contributed by atoms with E-state index >= 15 is 0 Å². The van der Waals surface area contributed by atoms with Crippen molar-refractivity contribution in [1.82, 2.24) is 0 Å². The van der Waals surface area contributed by atoms with Crippen LogP contribution in [-0.4, -0.2) is 5.17 Å². The summed E-state index contributed by atoms with van der Waals surface area (Å²) in [5.41, 5.74) is 0. The molecule has 2 heteroatoms. The second-order valence-corrected chi connectivity index (χ2v) is 1.53. The van der Waals surface area contributed by atoms with Crippen LogP contribution in [0, 0.1) is 0 Å². The Hall–Kier alpha value is -0.560. The van der Waals surface area contributed by atoms with Crippen molar-refractivity contribution < 1.29 is 0 Å². The predicted octanol–water partition coefficient (Wildman–Crippen LogP) is 2.34. The molecule has 0 radical (unpaired) electrons. The Kier molecular flexibility index (Phi) is 4.27. The van der Waals surface area contributed by atoms with Gasteiger partial charge in [0.1, 0.15) is 5.17 Å². The molecule has 0 saturated carbocycles. The summed E-state index contributed by atoms with van der Waals surface area (Å²) in [4.78, 5) is 3.74. The number of hydrogen-bond acceptors (Lipinski definition) is 1. The summed E-state index contributed by atoms with van der Waals surface area (Å²) in [6.07, 6.45) is 4.90. The van der Waals surface area contributed by atoms with Crippen molar-refractivity contribution in [1.29, 1.82) is 0 Å². The zero-order valence-electron chi connectivity index (χ0n) is 4.76. The molecule has 0 aromatic rings. The summed E-state index contributed by atoms with van der Waals surface area (Å²) < 4.78 is 0. The van der Waals surface area contributed by atoms with Crippen LogP contribution in [-0.2, 0) is 0 Å². The molecule has 0 aliphatic heterocycles. The summed E-state index contributed by atoms with van der Waals surface area (Å²) in [6, 6.07) is 0. The molecule has 1 nitrogen and oxygen atoms in total. The van der Waals surface area contributed by atoms with Gasteiger partial charge in [-0.05, 0) is 13.0 Å². The first-order chi connectivity index (χ1) is 3.81. The van der Waals surface area contributed by atoms with E-state index in [0.29, 0.717) is 5.17 Å². The molecule has 0 spiro atoms. The zero-order valence-corrected chi connectivity index (χ0v) is 5.52. The van der Waals surface area contributed by atoms with Gasteiger partial charge in [-0.3, -0.25) is 0 Å². The van der Waals surface area contributed by atoms with Crippen LogP contribution in [0.3, 0.4) is 0 Å². The highest BCUT2D eigenvalue weighted by molar-refractivity contribution is 6.68. The summed E-state index contributed by atoms with van der Waals surface area (Å²) in [7, 11) is 0. The molecule has 0 amide bonds. The molecule has 0 fully saturated rings. The quantitative estimate of drug-likeness (QED) is 0.508. The molecule has 0 N–H and O–H groups in total. The lowest BCUT2D eigenvalue weighted by Crippen LogP contribution is -1.72. The van der Waals surface area contributed by atoms with Gasteiger partial charge < -0.3 is 0 Å². The number of allylic oxidation sites excluding steroid dienone is 2. The van der Waals surface area contributed by atoms with E-state index in [1.807, 2.05) is 6.92 Å². The smallest absolute Gasteiger partial charge is 0.128 e. The van der Waals surface area contributed by atoms with E-state index in [-0.39, 0.29) is 0 Å². The van der Waals surface area contributed by atoms with E-state index in [9.17, 15) is 0 Å². The van der Waals surface area contributed by atoms with Crippen LogP contribution in [0.25, 0.3) is 0 Å². The number of halogens is 1. The van der Waals surface area contributed by atoms with Gasteiger partial charge in [0.05, 0.1) is 0 Å². The Bertz CT molecular complexity index is 124. The molecule has 0 aliphatic rings. The van der Waals surface area contributed by atoms with Crippen molar-refractivity contribution in [2.24, 2.45) is 4.99 Å². The van der Waals surface area contributed by atoms with E-state index < -0.39 is 0 Å². The van der Waals surface area contributed by atoms with Crippen LogP contribution in [0.1, 0.15) is 6.92 Å². The largest absolute Gasteiger partial charge is 0.245 e. The first-order valence-electron chi connectivity index (χ1n) is 2.28. The molecule has 0 rings (SSSR count). The zero-order chi connectivity index (χ0) is 6.41. The molecule has 0 bridgehead atoms. The van der Waals surface area contributed by atoms with Crippen LogP contribution in [0.2, 0.25) is 0 Å². The number of aliphatic imine (C=N–C) groups is 1. The van der Waals surface area contributed by atoms with E-state index in [2.05, 4.69) is 11.6 Å². The van der Waals surface area contributed by atoms with Gasteiger partial charge in [-0.25, -0.2) is 4.99 Å². The van der Waals surface area contributed by atoms with Crippen LogP contribution in [0.5, 0.6) is 0 Å². The Balaban J connectivity index is 3.74. The maximum absolute atomic E-state index is 5.42. The van der Waals surface area contributed by atoms with E-state index in [1.165, 1.54) is 6.08 Å². The average molecular weight is 130 g/mol. The van der Waals surface area contributed by atoms with Gasteiger partial charge in [0.25, 0.3) is 0 Å². The van der Waals surface area contributed by atoms with Crippen molar-refractivity contribution in [2.45, 2.75) is 6.92 Å². The minimum absolute atomic E-state index is 0.420. The molecule has 0 saturated heterocycles. The van der Waals surface area contributed by atoms with Gasteiger partial charge in [-0.1, -0.05) is 24.3 Å². The lowest BCUT2D eigenvalue weighted by Gasteiger charge is -1.78. The maximum Gasteiger partial charge on any atom is 0.128 e. The topological polar surface area (TPSA) is 12.4 Å². The molecular formula is C6H8ClN. The fraction of sp³-hybridized carbons (Fsp3) is 0.167. The van der Waals surface area contributed by atoms with Gasteiger partial charge in [-0.2, -0.15) is 0 Å². The third-order valence-electron chi connectivity index (χ3n) is 0.515. The van der Waals surface area contributed by atoms with Gasteiger partial charge >= 0.3 is 0 Å². The van der Waals surface area contributed by atoms with Crippen molar-refractivity contribution in [3.05, 3.63) is 24.9 Å². The highest BCUT2D eigenvalue weighted by Crippen LogP contribution is 1.86. The molecule has 0 atom stereocenters. The van der Waals surface area contributed by atoms with Gasteiger partial charge in [0.15, 0.2) is 0 Å². The molecular weight excluding hydrogens is 122 g/mol. The highest BCUT2D eigenvalue weighted by Gasteiger charge is 1.75. The van der Waals surface area contributed by atoms with Gasteiger partial charge in [0.2, 0.25) is 0 Å². The molecule has 0 heterocycles. The fourth-order valence-corrected chi connectivity index (χ4v) is 0.255. The summed E-state index contributed by atoms with van der Waals surface area (Å²) >= 11 is 5.42. The number of nitrogens with zero attached hydrogens (tertiary/aromatic N) is 1. The molecule has 44 valence electrons. The summed E-state index contributed by atoms with van der Waals surface area (Å²) in [5, 5.41) is 0.420. The molecule has 0 unspecified atom stereocenters. The normalized spacial score (nSPS) is 12.5. The van der Waals surface area contributed by atoms with E-state index in [1.54, 1.807) is 12.3 Å². The minimum atomic E-state index is 0.420. The monoisotopic (exact) mass is 129 g/mol. The van der Waals surface area contributed by atoms with Crippen LogP contribution < -0.4 is 0 Å². The van der Waals surface area contributed by atoms with Crippen molar-refractivity contribution >= 4 is 16.8 Å². The molecule has 8 heavy (non-hydrogen) atoms. The number of rotatable bonds is 2. The Labute approximate surface area is 54.4 Å². The lowest BCUT2D eigenvalue weighted by atomic mass is 10.7. The summed E-state index contributed by atoms with van der Waals surface area (Å²) in [5.74, 6) is 0. The average Bonchev–Trinajstić information content (AvgIpc) is 1.83. The minimum Gasteiger partial charge on any atom is -0.245 e. The SMILES string of the molecule is C=CC(Cl)=NC=CC. The third kappa shape index (κ3) is 3.62. The first-order valence-corrected chi connectivity index (χ1v) is 2.66. The second-order valence-electron chi connectivity index (χ2n) is 1.14. The standard InChI is InChI=1S/C6H8ClN/c1-3-5-8-6(7)4-2/h3-5H,2H2,1H3. The predicted molar refractivity (Wildman–Crippen MR) is 38.3 cm³/mol. The lowest BCUT2D eigenvalue weighted by molar-refractivity contribution is 1.54. The maximum atomic E-state index is 5.42. The third-order valence-corrected chi connectivity index (χ3v) is 0.767. The van der Waals surface area contributed by atoms with Crippen molar-refractivity contribution in [3.8, 4) is 0 Å². The van der Waals surface area contributed by atoms with Crippen LogP contribution >= 0.6 is 11.6 Å². The summed E-state index contributed by atoms with van der Waals surface area (Å²) in [6.45, 7) is 5.29. The van der Waals surface area contributed by atoms with Gasteiger partial charge in [0, 0.05) is 6.20 Å². The van der Waals surface area contributed by atoms with Crippen molar-refractivity contribution in [3.63, 3.8) is 0 Å².